The summed E-state index contributed by atoms with van der Waals surface area (Å²) < 4.78 is 0. The Morgan fingerprint density at radius 3 is 2.70 bits per heavy atom. The van der Waals surface area contributed by atoms with Gasteiger partial charge in [0.1, 0.15) is 0 Å². The maximum atomic E-state index is 6.20. The number of nitrogens with two attached hydrogens (primary N) is 1. The van der Waals surface area contributed by atoms with Gasteiger partial charge in [-0.15, -0.1) is 0 Å². The van der Waals surface area contributed by atoms with Crippen LogP contribution in [0, 0.1) is 6.92 Å². The van der Waals surface area contributed by atoms with Gasteiger partial charge in [-0.3, -0.25) is 4.98 Å². The van der Waals surface area contributed by atoms with Gasteiger partial charge >= 0.3 is 0 Å². The van der Waals surface area contributed by atoms with E-state index in [1.807, 2.05) is 43.3 Å². The molecule has 3 N–H and O–H groups in total. The number of nitrogens with zero attached hydrogens (tertiary/aromatic N) is 1. The number of halogens is 1. The largest absolute Gasteiger partial charge is 0.399 e. The van der Waals surface area contributed by atoms with Crippen molar-refractivity contribution in [1.82, 2.24) is 4.98 Å². The number of nitrogens with one attached hydrogen (secondary N) is 1. The minimum Gasteiger partial charge on any atom is -0.399 e. The topological polar surface area (TPSA) is 50.9 Å². The average Bonchev–Trinajstić information content (AvgIpc) is 2.42. The number of hydrogen-bond donors (Lipinski definition) is 2. The first-order chi connectivity index (χ1) is 9.63. The Hall–Kier alpha value is -2.26. The maximum absolute atomic E-state index is 6.20. The van der Waals surface area contributed by atoms with Crippen LogP contribution in [0.4, 0.5) is 17.1 Å². The fraction of sp³-hybridized carbons (Fsp3) is 0.0625. The van der Waals surface area contributed by atoms with E-state index in [4.69, 9.17) is 17.3 Å². The van der Waals surface area contributed by atoms with Crippen LogP contribution in [-0.4, -0.2) is 4.98 Å². The molecular weight excluding hydrogens is 270 g/mol. The normalized spacial score (nSPS) is 10.7. The van der Waals surface area contributed by atoms with Crippen LogP contribution in [0.15, 0.2) is 48.5 Å². The first-order valence-electron chi connectivity index (χ1n) is 6.32. The molecule has 0 atom stereocenters. The third kappa shape index (κ3) is 2.40. The molecule has 4 heteroatoms. The molecule has 3 rings (SSSR count). The molecule has 0 fully saturated rings. The van der Waals surface area contributed by atoms with Gasteiger partial charge in [0.2, 0.25) is 0 Å². The van der Waals surface area contributed by atoms with E-state index in [2.05, 4.69) is 16.4 Å². The van der Waals surface area contributed by atoms with Crippen LogP contribution in [0.1, 0.15) is 5.69 Å². The molecule has 0 radical (unpaired) electrons. The highest BCUT2D eigenvalue weighted by molar-refractivity contribution is 6.33. The molecule has 0 aliphatic rings. The summed E-state index contributed by atoms with van der Waals surface area (Å²) in [6.45, 7) is 1.98. The number of hydrogen-bond acceptors (Lipinski definition) is 3. The molecule has 0 bridgehead atoms. The summed E-state index contributed by atoms with van der Waals surface area (Å²) in [7, 11) is 0. The number of pyridine rings is 1. The van der Waals surface area contributed by atoms with Gasteiger partial charge in [-0.2, -0.15) is 0 Å². The first kappa shape index (κ1) is 12.8. The highest BCUT2D eigenvalue weighted by Gasteiger charge is 2.06. The summed E-state index contributed by atoms with van der Waals surface area (Å²) in [5, 5.41) is 5.00. The van der Waals surface area contributed by atoms with E-state index >= 15 is 0 Å². The number of fused-ring (bicyclic) bond motifs is 1. The van der Waals surface area contributed by atoms with Crippen molar-refractivity contribution in [2.75, 3.05) is 11.1 Å². The van der Waals surface area contributed by atoms with E-state index in [1.54, 1.807) is 6.07 Å². The van der Waals surface area contributed by atoms with Crippen LogP contribution in [0.3, 0.4) is 0 Å². The zero-order valence-corrected chi connectivity index (χ0v) is 11.8. The van der Waals surface area contributed by atoms with E-state index in [-0.39, 0.29) is 0 Å². The fourth-order valence-corrected chi connectivity index (χ4v) is 2.36. The lowest BCUT2D eigenvalue weighted by molar-refractivity contribution is 1.25. The molecule has 0 saturated heterocycles. The van der Waals surface area contributed by atoms with Crippen molar-refractivity contribution >= 4 is 39.6 Å². The van der Waals surface area contributed by atoms with Crippen molar-refractivity contribution in [3.8, 4) is 0 Å². The summed E-state index contributed by atoms with van der Waals surface area (Å²) in [5.41, 5.74) is 10.0. The van der Waals surface area contributed by atoms with Gasteiger partial charge in [-0.1, -0.05) is 29.8 Å². The standard InChI is InChI=1S/C16H14ClN3/c1-10-5-6-11-3-2-4-15(16(11)19-10)20-14-8-7-12(18)9-13(14)17/h2-9,20H,18H2,1H3. The molecule has 0 aliphatic carbocycles. The Morgan fingerprint density at radius 2 is 1.90 bits per heavy atom. The molecule has 2 aromatic carbocycles. The molecule has 1 aromatic heterocycles. The molecule has 1 heterocycles. The minimum atomic E-state index is 0.592. The Morgan fingerprint density at radius 1 is 1.05 bits per heavy atom. The van der Waals surface area contributed by atoms with Crippen molar-refractivity contribution in [3.05, 3.63) is 59.2 Å². The van der Waals surface area contributed by atoms with Gasteiger partial charge in [-0.05, 0) is 37.3 Å². The highest BCUT2D eigenvalue weighted by atomic mass is 35.5. The Bertz CT molecular complexity index is 784. The molecule has 3 nitrogen and oxygen atoms in total. The van der Waals surface area contributed by atoms with E-state index in [0.29, 0.717) is 10.7 Å². The summed E-state index contributed by atoms with van der Waals surface area (Å²) in [6, 6.07) is 15.5. The number of aryl methyl sites for hydroxylation is 1. The van der Waals surface area contributed by atoms with Crippen LogP contribution in [0.25, 0.3) is 10.9 Å². The second kappa shape index (κ2) is 5.02. The summed E-state index contributed by atoms with van der Waals surface area (Å²) in [4.78, 5) is 4.59. The molecule has 0 aliphatic heterocycles. The van der Waals surface area contributed by atoms with Crippen molar-refractivity contribution in [3.63, 3.8) is 0 Å². The Kier molecular flexibility index (Phi) is 3.20. The molecular formula is C16H14ClN3. The molecule has 20 heavy (non-hydrogen) atoms. The summed E-state index contributed by atoms with van der Waals surface area (Å²) in [6.07, 6.45) is 0. The second-order valence-corrected chi connectivity index (χ2v) is 5.10. The fourth-order valence-electron chi connectivity index (χ4n) is 2.12. The van der Waals surface area contributed by atoms with Crippen molar-refractivity contribution in [2.45, 2.75) is 6.92 Å². The zero-order chi connectivity index (χ0) is 14.1. The van der Waals surface area contributed by atoms with Crippen LogP contribution in [-0.2, 0) is 0 Å². The zero-order valence-electron chi connectivity index (χ0n) is 11.0. The van der Waals surface area contributed by atoms with Crippen molar-refractivity contribution in [1.29, 1.82) is 0 Å². The lowest BCUT2D eigenvalue weighted by Gasteiger charge is -2.11. The van der Waals surface area contributed by atoms with Gasteiger partial charge in [0, 0.05) is 16.8 Å². The van der Waals surface area contributed by atoms with Gasteiger partial charge in [-0.25, -0.2) is 0 Å². The molecule has 0 unspecified atom stereocenters. The van der Waals surface area contributed by atoms with Crippen LogP contribution in [0.5, 0.6) is 0 Å². The number of benzene rings is 2. The van der Waals surface area contributed by atoms with Crippen molar-refractivity contribution in [2.24, 2.45) is 0 Å². The smallest absolute Gasteiger partial charge is 0.0939 e. The van der Waals surface area contributed by atoms with Crippen LogP contribution >= 0.6 is 11.6 Å². The summed E-state index contributed by atoms with van der Waals surface area (Å²) >= 11 is 6.20. The lowest BCUT2D eigenvalue weighted by atomic mass is 10.1. The van der Waals surface area contributed by atoms with Gasteiger partial charge in [0.25, 0.3) is 0 Å². The van der Waals surface area contributed by atoms with E-state index in [1.165, 1.54) is 0 Å². The number of anilines is 3. The number of rotatable bonds is 2. The van der Waals surface area contributed by atoms with E-state index in [9.17, 15) is 0 Å². The molecule has 3 aromatic rings. The van der Waals surface area contributed by atoms with E-state index < -0.39 is 0 Å². The van der Waals surface area contributed by atoms with Crippen molar-refractivity contribution < 1.29 is 0 Å². The molecule has 0 spiro atoms. The number of para-hydroxylation sites is 1. The van der Waals surface area contributed by atoms with E-state index in [0.717, 1.165) is 28.0 Å². The van der Waals surface area contributed by atoms with Gasteiger partial charge in [0.15, 0.2) is 0 Å². The predicted molar refractivity (Wildman–Crippen MR) is 85.6 cm³/mol. The predicted octanol–water partition coefficient (Wildman–Crippen LogP) is 4.52. The minimum absolute atomic E-state index is 0.592. The molecule has 0 amide bonds. The Labute approximate surface area is 122 Å². The molecule has 0 saturated carbocycles. The highest BCUT2D eigenvalue weighted by Crippen LogP contribution is 2.30. The quantitative estimate of drug-likeness (QED) is 0.680. The number of aromatic nitrogens is 1. The van der Waals surface area contributed by atoms with Crippen LogP contribution < -0.4 is 11.1 Å². The molecule has 100 valence electrons. The lowest BCUT2D eigenvalue weighted by Crippen LogP contribution is -1.95. The summed E-state index contributed by atoms with van der Waals surface area (Å²) in [5.74, 6) is 0. The van der Waals surface area contributed by atoms with Gasteiger partial charge < -0.3 is 11.1 Å². The van der Waals surface area contributed by atoms with Crippen LogP contribution in [0.2, 0.25) is 5.02 Å². The number of nitrogen functional groups attached to an aromatic ring is 1. The first-order valence-corrected chi connectivity index (χ1v) is 6.70. The Balaban J connectivity index is 2.08. The third-order valence-corrected chi connectivity index (χ3v) is 3.43. The SMILES string of the molecule is Cc1ccc2cccc(Nc3ccc(N)cc3Cl)c2n1. The van der Waals surface area contributed by atoms with Gasteiger partial charge in [0.05, 0.1) is 21.9 Å². The maximum Gasteiger partial charge on any atom is 0.0939 e. The second-order valence-electron chi connectivity index (χ2n) is 4.69. The third-order valence-electron chi connectivity index (χ3n) is 3.12. The monoisotopic (exact) mass is 283 g/mol. The average molecular weight is 284 g/mol.